The third-order valence-electron chi connectivity index (χ3n) is 3.21. The van der Waals surface area contributed by atoms with Crippen molar-refractivity contribution < 1.29 is 14.3 Å². The molecule has 23 heavy (non-hydrogen) atoms. The Morgan fingerprint density at radius 2 is 2.09 bits per heavy atom. The molecular weight excluding hydrogens is 320 g/mol. The van der Waals surface area contributed by atoms with E-state index in [9.17, 15) is 9.59 Å². The predicted molar refractivity (Wildman–Crippen MR) is 87.8 cm³/mol. The standard InChI is InChI=1S/C16H17ClN2O4/c1-4-23-10(2)15-12(9-14(20)22-3)18-19(16(15)21)13-8-6-5-7-11(13)17/h5-8,18H,2,4,9H2,1,3H3. The number of benzene rings is 1. The summed E-state index contributed by atoms with van der Waals surface area (Å²) in [7, 11) is 1.28. The number of halogens is 1. The molecule has 1 N–H and O–H groups in total. The maximum absolute atomic E-state index is 12.7. The van der Waals surface area contributed by atoms with Gasteiger partial charge in [0.2, 0.25) is 0 Å². The Morgan fingerprint density at radius 3 is 2.70 bits per heavy atom. The van der Waals surface area contributed by atoms with Crippen molar-refractivity contribution in [1.29, 1.82) is 0 Å². The maximum Gasteiger partial charge on any atom is 0.311 e. The number of methoxy groups -OCH3 is 1. The lowest BCUT2D eigenvalue weighted by Crippen LogP contribution is -2.18. The molecule has 1 aromatic heterocycles. The van der Waals surface area contributed by atoms with Crippen LogP contribution in [0.5, 0.6) is 0 Å². The molecule has 0 fully saturated rings. The van der Waals surface area contributed by atoms with Gasteiger partial charge in [0.05, 0.1) is 36.5 Å². The average molecular weight is 337 g/mol. The molecule has 2 rings (SSSR count). The van der Waals surface area contributed by atoms with E-state index in [2.05, 4.69) is 16.4 Å². The zero-order valence-electron chi connectivity index (χ0n) is 12.9. The molecule has 0 unspecified atom stereocenters. The summed E-state index contributed by atoms with van der Waals surface area (Å²) >= 11 is 6.14. The van der Waals surface area contributed by atoms with Crippen LogP contribution in [0.15, 0.2) is 35.6 Å². The van der Waals surface area contributed by atoms with Gasteiger partial charge in [-0.2, -0.15) is 0 Å². The minimum Gasteiger partial charge on any atom is -0.494 e. The molecule has 0 saturated carbocycles. The quantitative estimate of drug-likeness (QED) is 0.650. The van der Waals surface area contributed by atoms with Crippen molar-refractivity contribution in [2.24, 2.45) is 0 Å². The second-order valence-electron chi connectivity index (χ2n) is 4.67. The topological polar surface area (TPSA) is 73.3 Å². The van der Waals surface area contributed by atoms with Gasteiger partial charge in [-0.1, -0.05) is 30.3 Å². The predicted octanol–water partition coefficient (Wildman–Crippen LogP) is 2.54. The molecule has 2 aromatic rings. The fourth-order valence-electron chi connectivity index (χ4n) is 2.16. The van der Waals surface area contributed by atoms with E-state index >= 15 is 0 Å². The fourth-order valence-corrected chi connectivity index (χ4v) is 2.38. The van der Waals surface area contributed by atoms with Crippen LogP contribution in [-0.2, 0) is 20.7 Å². The van der Waals surface area contributed by atoms with Crippen molar-refractivity contribution in [2.75, 3.05) is 13.7 Å². The van der Waals surface area contributed by atoms with Crippen molar-refractivity contribution in [2.45, 2.75) is 13.3 Å². The van der Waals surface area contributed by atoms with Gasteiger partial charge in [0.25, 0.3) is 5.56 Å². The summed E-state index contributed by atoms with van der Waals surface area (Å²) in [5.41, 5.74) is 0.647. The third-order valence-corrected chi connectivity index (χ3v) is 3.52. The molecule has 0 bridgehead atoms. The van der Waals surface area contributed by atoms with E-state index in [1.54, 1.807) is 31.2 Å². The maximum atomic E-state index is 12.7. The number of aromatic amines is 1. The Balaban J connectivity index is 2.60. The molecule has 0 aliphatic carbocycles. The zero-order chi connectivity index (χ0) is 17.0. The Bertz CT molecular complexity index is 792. The lowest BCUT2D eigenvalue weighted by Gasteiger charge is -2.05. The second-order valence-corrected chi connectivity index (χ2v) is 5.07. The number of nitrogens with zero attached hydrogens (tertiary/aromatic N) is 1. The van der Waals surface area contributed by atoms with Crippen molar-refractivity contribution in [1.82, 2.24) is 9.78 Å². The number of carbonyl (C=O) groups is 1. The van der Waals surface area contributed by atoms with Gasteiger partial charge in [0.15, 0.2) is 0 Å². The minimum absolute atomic E-state index is 0.107. The number of ether oxygens (including phenoxy) is 2. The number of hydrogen-bond donors (Lipinski definition) is 1. The molecule has 1 heterocycles. The highest BCUT2D eigenvalue weighted by molar-refractivity contribution is 6.32. The molecule has 0 aliphatic heterocycles. The van der Waals surface area contributed by atoms with E-state index in [1.807, 2.05) is 0 Å². The summed E-state index contributed by atoms with van der Waals surface area (Å²) in [6.45, 7) is 5.89. The number of carbonyl (C=O) groups excluding carboxylic acids is 1. The summed E-state index contributed by atoms with van der Waals surface area (Å²) in [6.07, 6.45) is -0.107. The van der Waals surface area contributed by atoms with Crippen LogP contribution in [0.1, 0.15) is 18.2 Å². The SMILES string of the molecule is C=C(OCC)c1c(CC(=O)OC)[nH]n(-c2ccccc2Cl)c1=O. The van der Waals surface area contributed by atoms with Crippen LogP contribution in [0, 0.1) is 0 Å². The number of aromatic nitrogens is 2. The van der Waals surface area contributed by atoms with Crippen molar-refractivity contribution in [3.8, 4) is 5.69 Å². The fraction of sp³-hybridized carbons (Fsp3) is 0.250. The van der Waals surface area contributed by atoms with Gasteiger partial charge in [0, 0.05) is 0 Å². The highest BCUT2D eigenvalue weighted by Crippen LogP contribution is 2.21. The van der Waals surface area contributed by atoms with E-state index in [4.69, 9.17) is 16.3 Å². The van der Waals surface area contributed by atoms with E-state index in [1.165, 1.54) is 11.8 Å². The van der Waals surface area contributed by atoms with Gasteiger partial charge in [-0.15, -0.1) is 0 Å². The normalized spacial score (nSPS) is 10.4. The molecular formula is C16H17ClN2O4. The van der Waals surface area contributed by atoms with Crippen LogP contribution < -0.4 is 5.56 Å². The monoisotopic (exact) mass is 336 g/mol. The molecule has 0 aliphatic rings. The summed E-state index contributed by atoms with van der Waals surface area (Å²) in [6, 6.07) is 6.87. The Hall–Kier alpha value is -2.47. The van der Waals surface area contributed by atoms with Crippen molar-refractivity contribution in [3.05, 3.63) is 57.5 Å². The average Bonchev–Trinajstić information content (AvgIpc) is 2.84. The summed E-state index contributed by atoms with van der Waals surface area (Å²) < 4.78 is 11.3. The molecule has 7 heteroatoms. The van der Waals surface area contributed by atoms with Gasteiger partial charge in [0.1, 0.15) is 11.3 Å². The highest BCUT2D eigenvalue weighted by Gasteiger charge is 2.21. The minimum atomic E-state index is -0.483. The number of esters is 1. The molecule has 0 saturated heterocycles. The van der Waals surface area contributed by atoms with Crippen LogP contribution in [0.2, 0.25) is 5.02 Å². The summed E-state index contributed by atoms with van der Waals surface area (Å²) in [4.78, 5) is 24.3. The zero-order valence-corrected chi connectivity index (χ0v) is 13.6. The number of hydrogen-bond acceptors (Lipinski definition) is 4. The largest absolute Gasteiger partial charge is 0.494 e. The Labute approximate surface area is 138 Å². The van der Waals surface area contributed by atoms with Crippen LogP contribution in [0.3, 0.4) is 0 Å². The Kier molecular flexibility index (Phi) is 5.28. The van der Waals surface area contributed by atoms with E-state index in [-0.39, 0.29) is 17.7 Å². The molecule has 0 amide bonds. The first-order valence-electron chi connectivity index (χ1n) is 6.97. The second kappa shape index (κ2) is 7.19. The molecule has 122 valence electrons. The molecule has 0 spiro atoms. The first kappa shape index (κ1) is 16.9. The first-order valence-corrected chi connectivity index (χ1v) is 7.35. The van der Waals surface area contributed by atoms with Crippen LogP contribution >= 0.6 is 11.6 Å². The number of para-hydroxylation sites is 1. The van der Waals surface area contributed by atoms with Gasteiger partial charge in [-0.3, -0.25) is 14.7 Å². The number of nitrogens with one attached hydrogen (secondary N) is 1. The van der Waals surface area contributed by atoms with E-state index < -0.39 is 11.5 Å². The lowest BCUT2D eigenvalue weighted by atomic mass is 10.1. The molecule has 6 nitrogen and oxygen atoms in total. The summed E-state index contributed by atoms with van der Waals surface area (Å²) in [5, 5.41) is 3.29. The number of rotatable bonds is 6. The third kappa shape index (κ3) is 3.48. The van der Waals surface area contributed by atoms with Gasteiger partial charge < -0.3 is 9.47 Å². The van der Waals surface area contributed by atoms with Crippen molar-refractivity contribution in [3.63, 3.8) is 0 Å². The van der Waals surface area contributed by atoms with Gasteiger partial charge in [-0.05, 0) is 19.1 Å². The number of H-pyrrole nitrogens is 1. The van der Waals surface area contributed by atoms with E-state index in [0.717, 1.165) is 0 Å². The highest BCUT2D eigenvalue weighted by atomic mass is 35.5. The van der Waals surface area contributed by atoms with Crippen LogP contribution in [0.25, 0.3) is 11.4 Å². The van der Waals surface area contributed by atoms with Crippen molar-refractivity contribution >= 4 is 23.3 Å². The molecule has 1 aromatic carbocycles. The van der Waals surface area contributed by atoms with Crippen LogP contribution in [0.4, 0.5) is 0 Å². The van der Waals surface area contributed by atoms with Crippen LogP contribution in [-0.4, -0.2) is 29.5 Å². The molecule has 0 radical (unpaired) electrons. The first-order chi connectivity index (χ1) is 11.0. The van der Waals surface area contributed by atoms with Gasteiger partial charge in [-0.25, -0.2) is 4.68 Å². The van der Waals surface area contributed by atoms with E-state index in [0.29, 0.717) is 23.0 Å². The smallest absolute Gasteiger partial charge is 0.311 e. The Morgan fingerprint density at radius 1 is 1.39 bits per heavy atom. The lowest BCUT2D eigenvalue weighted by molar-refractivity contribution is -0.139. The summed E-state index contributed by atoms with van der Waals surface area (Å²) in [5.74, 6) is -0.290. The van der Waals surface area contributed by atoms with Gasteiger partial charge >= 0.3 is 5.97 Å². The molecule has 0 atom stereocenters.